The summed E-state index contributed by atoms with van der Waals surface area (Å²) in [5.74, 6) is -0.207. The number of aryl methyl sites for hydroxylation is 1. The second-order valence-electron chi connectivity index (χ2n) is 5.48. The maximum absolute atomic E-state index is 12.4. The molecule has 126 valence electrons. The molecule has 0 heterocycles. The van der Waals surface area contributed by atoms with Gasteiger partial charge in [-0.3, -0.25) is 9.59 Å². The SMILES string of the molecule is CCN(CC)C(=O)c1cccc(NC(=O)c2ccc(C)c(I)c2)c1. The van der Waals surface area contributed by atoms with E-state index in [0.717, 1.165) is 9.13 Å². The minimum atomic E-state index is -0.180. The Labute approximate surface area is 156 Å². The highest BCUT2D eigenvalue weighted by atomic mass is 127. The van der Waals surface area contributed by atoms with Crippen molar-refractivity contribution in [1.29, 1.82) is 0 Å². The molecule has 0 aromatic heterocycles. The molecular formula is C19H21IN2O2. The lowest BCUT2D eigenvalue weighted by atomic mass is 10.1. The molecule has 5 heteroatoms. The lowest BCUT2D eigenvalue weighted by Gasteiger charge is -2.19. The molecule has 0 atom stereocenters. The highest BCUT2D eigenvalue weighted by molar-refractivity contribution is 14.1. The fourth-order valence-electron chi connectivity index (χ4n) is 2.36. The maximum atomic E-state index is 12.4. The Kier molecular flexibility index (Phi) is 6.36. The average molecular weight is 436 g/mol. The van der Waals surface area contributed by atoms with Crippen molar-refractivity contribution < 1.29 is 9.59 Å². The van der Waals surface area contributed by atoms with Crippen LogP contribution in [0.25, 0.3) is 0 Å². The number of benzene rings is 2. The van der Waals surface area contributed by atoms with Crippen molar-refractivity contribution in [2.45, 2.75) is 20.8 Å². The van der Waals surface area contributed by atoms with Crippen LogP contribution in [0.3, 0.4) is 0 Å². The van der Waals surface area contributed by atoms with Gasteiger partial charge in [-0.15, -0.1) is 0 Å². The number of hydrogen-bond donors (Lipinski definition) is 1. The summed E-state index contributed by atoms with van der Waals surface area (Å²) in [6, 6.07) is 12.6. The number of nitrogens with one attached hydrogen (secondary N) is 1. The summed E-state index contributed by atoms with van der Waals surface area (Å²) in [5, 5.41) is 2.86. The van der Waals surface area contributed by atoms with Gasteiger partial charge in [0.2, 0.25) is 0 Å². The van der Waals surface area contributed by atoms with E-state index >= 15 is 0 Å². The van der Waals surface area contributed by atoms with Crippen LogP contribution >= 0.6 is 22.6 Å². The van der Waals surface area contributed by atoms with Gasteiger partial charge in [-0.2, -0.15) is 0 Å². The predicted molar refractivity (Wildman–Crippen MR) is 106 cm³/mol. The quantitative estimate of drug-likeness (QED) is 0.710. The fraction of sp³-hybridized carbons (Fsp3) is 0.263. The van der Waals surface area contributed by atoms with Crippen molar-refractivity contribution in [1.82, 2.24) is 4.90 Å². The van der Waals surface area contributed by atoms with Crippen molar-refractivity contribution >= 4 is 40.1 Å². The van der Waals surface area contributed by atoms with Crippen molar-refractivity contribution in [3.05, 3.63) is 62.7 Å². The first-order chi connectivity index (χ1) is 11.5. The molecular weight excluding hydrogens is 415 g/mol. The van der Waals surface area contributed by atoms with Crippen LogP contribution in [0.2, 0.25) is 0 Å². The summed E-state index contributed by atoms with van der Waals surface area (Å²) >= 11 is 2.21. The summed E-state index contributed by atoms with van der Waals surface area (Å²) in [6.07, 6.45) is 0. The van der Waals surface area contributed by atoms with Crippen LogP contribution in [-0.2, 0) is 0 Å². The number of hydrogen-bond acceptors (Lipinski definition) is 2. The Balaban J connectivity index is 2.18. The van der Waals surface area contributed by atoms with E-state index in [9.17, 15) is 9.59 Å². The van der Waals surface area contributed by atoms with Gasteiger partial charge < -0.3 is 10.2 Å². The summed E-state index contributed by atoms with van der Waals surface area (Å²) in [7, 11) is 0. The lowest BCUT2D eigenvalue weighted by Crippen LogP contribution is -2.30. The van der Waals surface area contributed by atoms with Gasteiger partial charge in [0.15, 0.2) is 0 Å². The molecule has 2 amide bonds. The van der Waals surface area contributed by atoms with Crippen LogP contribution in [0, 0.1) is 10.5 Å². The predicted octanol–water partition coefficient (Wildman–Crippen LogP) is 4.33. The number of anilines is 1. The van der Waals surface area contributed by atoms with Crippen molar-refractivity contribution in [2.75, 3.05) is 18.4 Å². The van der Waals surface area contributed by atoms with Crippen LogP contribution in [0.4, 0.5) is 5.69 Å². The number of halogens is 1. The Hall–Kier alpha value is -1.89. The first kappa shape index (κ1) is 18.4. The zero-order chi connectivity index (χ0) is 17.7. The lowest BCUT2D eigenvalue weighted by molar-refractivity contribution is 0.0772. The molecule has 0 saturated carbocycles. The van der Waals surface area contributed by atoms with Gasteiger partial charge in [-0.25, -0.2) is 0 Å². The summed E-state index contributed by atoms with van der Waals surface area (Å²) < 4.78 is 1.05. The molecule has 0 saturated heterocycles. The van der Waals surface area contributed by atoms with Gasteiger partial charge in [0, 0.05) is 33.5 Å². The second kappa shape index (κ2) is 8.28. The summed E-state index contributed by atoms with van der Waals surface area (Å²) in [5.41, 5.74) is 2.94. The van der Waals surface area contributed by atoms with Gasteiger partial charge in [0.05, 0.1) is 0 Å². The highest BCUT2D eigenvalue weighted by Crippen LogP contribution is 2.17. The molecule has 0 aliphatic rings. The van der Waals surface area contributed by atoms with Crippen molar-refractivity contribution in [3.63, 3.8) is 0 Å². The average Bonchev–Trinajstić information content (AvgIpc) is 2.58. The highest BCUT2D eigenvalue weighted by Gasteiger charge is 2.14. The van der Waals surface area contributed by atoms with Crippen LogP contribution in [0.1, 0.15) is 40.1 Å². The van der Waals surface area contributed by atoms with E-state index in [1.807, 2.05) is 32.9 Å². The minimum Gasteiger partial charge on any atom is -0.339 e. The normalized spacial score (nSPS) is 10.3. The molecule has 0 aliphatic carbocycles. The molecule has 0 aliphatic heterocycles. The molecule has 0 bridgehead atoms. The molecule has 4 nitrogen and oxygen atoms in total. The molecule has 0 fully saturated rings. The van der Waals surface area contributed by atoms with Crippen LogP contribution in [0.15, 0.2) is 42.5 Å². The molecule has 0 radical (unpaired) electrons. The van der Waals surface area contributed by atoms with Crippen LogP contribution < -0.4 is 5.32 Å². The molecule has 0 unspecified atom stereocenters. The fourth-order valence-corrected chi connectivity index (χ4v) is 2.88. The van der Waals surface area contributed by atoms with Gasteiger partial charge in [-0.1, -0.05) is 12.1 Å². The van der Waals surface area contributed by atoms with Crippen LogP contribution in [-0.4, -0.2) is 29.8 Å². The number of nitrogens with zero attached hydrogens (tertiary/aromatic N) is 1. The van der Waals surface area contributed by atoms with E-state index < -0.39 is 0 Å². The van der Waals surface area contributed by atoms with Gasteiger partial charge in [0.1, 0.15) is 0 Å². The summed E-state index contributed by atoms with van der Waals surface area (Å²) in [6.45, 7) is 7.23. The van der Waals surface area contributed by atoms with E-state index in [-0.39, 0.29) is 11.8 Å². The first-order valence-corrected chi connectivity index (χ1v) is 9.01. The number of carbonyl (C=O) groups is 2. The molecule has 2 rings (SSSR count). The molecule has 2 aromatic carbocycles. The third-order valence-electron chi connectivity index (χ3n) is 3.85. The Bertz CT molecular complexity index is 755. The molecule has 24 heavy (non-hydrogen) atoms. The minimum absolute atomic E-state index is 0.0269. The second-order valence-corrected chi connectivity index (χ2v) is 6.64. The zero-order valence-electron chi connectivity index (χ0n) is 14.1. The topological polar surface area (TPSA) is 49.4 Å². The Morgan fingerprint density at radius 1 is 1.04 bits per heavy atom. The molecule has 1 N–H and O–H groups in total. The molecule has 2 aromatic rings. The third kappa shape index (κ3) is 4.35. The molecule has 0 spiro atoms. The standard InChI is InChI=1S/C19H21IN2O2/c1-4-22(5-2)19(24)15-7-6-8-16(11-15)21-18(23)14-10-9-13(3)17(20)12-14/h6-12H,4-5H2,1-3H3,(H,21,23). The Morgan fingerprint density at radius 3 is 2.38 bits per heavy atom. The number of rotatable bonds is 5. The largest absolute Gasteiger partial charge is 0.339 e. The van der Waals surface area contributed by atoms with E-state index in [2.05, 4.69) is 27.9 Å². The van der Waals surface area contributed by atoms with Gasteiger partial charge in [0.25, 0.3) is 11.8 Å². The van der Waals surface area contributed by atoms with E-state index in [1.54, 1.807) is 35.2 Å². The van der Waals surface area contributed by atoms with Gasteiger partial charge >= 0.3 is 0 Å². The van der Waals surface area contributed by atoms with E-state index in [4.69, 9.17) is 0 Å². The first-order valence-electron chi connectivity index (χ1n) is 7.93. The Morgan fingerprint density at radius 2 is 1.75 bits per heavy atom. The summed E-state index contributed by atoms with van der Waals surface area (Å²) in [4.78, 5) is 26.6. The van der Waals surface area contributed by atoms with E-state index in [0.29, 0.717) is 29.9 Å². The monoisotopic (exact) mass is 436 g/mol. The third-order valence-corrected chi connectivity index (χ3v) is 5.01. The zero-order valence-corrected chi connectivity index (χ0v) is 16.3. The van der Waals surface area contributed by atoms with Crippen molar-refractivity contribution in [2.24, 2.45) is 0 Å². The van der Waals surface area contributed by atoms with E-state index in [1.165, 1.54) is 0 Å². The van der Waals surface area contributed by atoms with Gasteiger partial charge in [-0.05, 0) is 79.3 Å². The number of amides is 2. The van der Waals surface area contributed by atoms with Crippen LogP contribution in [0.5, 0.6) is 0 Å². The smallest absolute Gasteiger partial charge is 0.255 e. The van der Waals surface area contributed by atoms with Crippen molar-refractivity contribution in [3.8, 4) is 0 Å². The number of carbonyl (C=O) groups excluding carboxylic acids is 2. The maximum Gasteiger partial charge on any atom is 0.255 e.